The summed E-state index contributed by atoms with van der Waals surface area (Å²) in [4.78, 5) is 0. The van der Waals surface area contributed by atoms with E-state index in [9.17, 15) is 0 Å². The van der Waals surface area contributed by atoms with Crippen molar-refractivity contribution in [1.29, 1.82) is 0 Å². The van der Waals surface area contributed by atoms with Crippen LogP contribution in [0.2, 0.25) is 0 Å². The summed E-state index contributed by atoms with van der Waals surface area (Å²) in [7, 11) is 0. The smallest absolute Gasteiger partial charge is 0.0165 e. The van der Waals surface area contributed by atoms with Crippen LogP contribution in [0.4, 0.5) is 0 Å². The van der Waals surface area contributed by atoms with Gasteiger partial charge in [0.05, 0.1) is 0 Å². The maximum Gasteiger partial charge on any atom is 0.0165 e. The van der Waals surface area contributed by atoms with E-state index in [1.807, 2.05) is 0 Å². The molecule has 0 radical (unpaired) electrons. The number of rotatable bonds is 1. The van der Waals surface area contributed by atoms with E-state index in [0.717, 1.165) is 0 Å². The van der Waals surface area contributed by atoms with E-state index in [0.29, 0.717) is 0 Å². The van der Waals surface area contributed by atoms with Crippen LogP contribution in [0.3, 0.4) is 0 Å². The second kappa shape index (κ2) is 8.80. The van der Waals surface area contributed by atoms with Gasteiger partial charge in [-0.15, -0.1) is 0 Å². The molecule has 0 aliphatic heterocycles. The van der Waals surface area contributed by atoms with Crippen LogP contribution in [0.25, 0.3) is 86.9 Å². The van der Waals surface area contributed by atoms with E-state index in [4.69, 9.17) is 0 Å². The highest BCUT2D eigenvalue weighted by atomic mass is 14.4. The van der Waals surface area contributed by atoms with Gasteiger partial charge in [0.15, 0.2) is 0 Å². The van der Waals surface area contributed by atoms with Gasteiger partial charge in [-0.1, -0.05) is 135 Å². The molecule has 9 aromatic carbocycles. The zero-order chi connectivity index (χ0) is 29.9. The molecule has 0 saturated carbocycles. The third-order valence-corrected chi connectivity index (χ3v) is 10.5. The molecular formula is C45H30. The second-order valence-electron chi connectivity index (χ2n) is 13.3. The van der Waals surface area contributed by atoms with Crippen LogP contribution >= 0.6 is 0 Å². The fourth-order valence-corrected chi connectivity index (χ4v) is 8.51. The lowest BCUT2D eigenvalue weighted by molar-refractivity contribution is 0.667. The predicted molar refractivity (Wildman–Crippen MR) is 194 cm³/mol. The number of fused-ring (bicyclic) bond motifs is 14. The minimum atomic E-state index is -0.116. The molecule has 0 spiro atoms. The molecule has 0 atom stereocenters. The minimum absolute atomic E-state index is 0.116. The van der Waals surface area contributed by atoms with Crippen molar-refractivity contribution < 1.29 is 0 Å². The van der Waals surface area contributed by atoms with Gasteiger partial charge in [0.25, 0.3) is 0 Å². The zero-order valence-electron chi connectivity index (χ0n) is 25.4. The van der Waals surface area contributed by atoms with E-state index in [1.165, 1.54) is 98.0 Å². The van der Waals surface area contributed by atoms with E-state index < -0.39 is 0 Å². The highest BCUT2D eigenvalue weighted by Gasteiger charge is 2.38. The van der Waals surface area contributed by atoms with E-state index in [1.54, 1.807) is 0 Å². The fraction of sp³-hybridized carbons (Fsp3) is 0.0667. The van der Waals surface area contributed by atoms with Crippen LogP contribution in [0.15, 0.2) is 146 Å². The molecule has 0 amide bonds. The molecule has 45 heavy (non-hydrogen) atoms. The Labute approximate surface area is 262 Å². The zero-order valence-corrected chi connectivity index (χ0v) is 25.4. The Hall–Kier alpha value is -5.46. The minimum Gasteiger partial charge on any atom is -0.0616 e. The maximum absolute atomic E-state index is 2.48. The first-order valence-corrected chi connectivity index (χ1v) is 15.9. The topological polar surface area (TPSA) is 0 Å². The average Bonchev–Trinajstić information content (AvgIpc) is 3.32. The Kier molecular flexibility index (Phi) is 4.88. The molecule has 0 saturated heterocycles. The molecule has 0 heterocycles. The molecule has 0 N–H and O–H groups in total. The summed E-state index contributed by atoms with van der Waals surface area (Å²) in [5, 5.41) is 15.8. The summed E-state index contributed by atoms with van der Waals surface area (Å²) >= 11 is 0. The number of hydrogen-bond donors (Lipinski definition) is 0. The predicted octanol–water partition coefficient (Wildman–Crippen LogP) is 12.6. The van der Waals surface area contributed by atoms with Gasteiger partial charge in [-0.2, -0.15) is 0 Å². The molecule has 0 nitrogen and oxygen atoms in total. The van der Waals surface area contributed by atoms with Gasteiger partial charge in [-0.25, -0.2) is 0 Å². The highest BCUT2D eigenvalue weighted by molar-refractivity contribution is 6.23. The lowest BCUT2D eigenvalue weighted by Gasteiger charge is -2.24. The first kappa shape index (κ1) is 24.9. The van der Waals surface area contributed by atoms with Gasteiger partial charge < -0.3 is 0 Å². The summed E-state index contributed by atoms with van der Waals surface area (Å²) in [6, 6.07) is 54.5. The number of hydrogen-bond acceptors (Lipinski definition) is 0. The van der Waals surface area contributed by atoms with Crippen molar-refractivity contribution in [2.75, 3.05) is 0 Å². The van der Waals surface area contributed by atoms with Crippen LogP contribution in [0, 0.1) is 0 Å². The first-order chi connectivity index (χ1) is 22.1. The third kappa shape index (κ3) is 3.32. The van der Waals surface area contributed by atoms with Gasteiger partial charge in [0, 0.05) is 5.41 Å². The quantitative estimate of drug-likeness (QED) is 0.172. The van der Waals surface area contributed by atoms with Gasteiger partial charge in [0.1, 0.15) is 0 Å². The Morgan fingerprint density at radius 3 is 1.76 bits per heavy atom. The monoisotopic (exact) mass is 570 g/mol. The summed E-state index contributed by atoms with van der Waals surface area (Å²) in [6.45, 7) is 4.82. The van der Waals surface area contributed by atoms with Crippen LogP contribution < -0.4 is 0 Å². The Morgan fingerprint density at radius 2 is 0.956 bits per heavy atom. The Morgan fingerprint density at radius 1 is 0.378 bits per heavy atom. The van der Waals surface area contributed by atoms with Crippen molar-refractivity contribution >= 4 is 64.6 Å². The maximum atomic E-state index is 2.48. The normalized spacial score (nSPS) is 13.7. The summed E-state index contributed by atoms with van der Waals surface area (Å²) < 4.78 is 0. The molecule has 9 aromatic rings. The molecule has 10 rings (SSSR count). The summed E-state index contributed by atoms with van der Waals surface area (Å²) in [6.07, 6.45) is 0. The van der Waals surface area contributed by atoms with E-state index in [2.05, 4.69) is 159 Å². The van der Waals surface area contributed by atoms with Crippen LogP contribution in [0.1, 0.15) is 25.0 Å². The highest BCUT2D eigenvalue weighted by Crippen LogP contribution is 2.55. The summed E-state index contributed by atoms with van der Waals surface area (Å²) in [5.41, 5.74) is 8.08. The third-order valence-electron chi connectivity index (χ3n) is 10.5. The largest absolute Gasteiger partial charge is 0.0616 e. The molecule has 210 valence electrons. The van der Waals surface area contributed by atoms with Crippen molar-refractivity contribution in [2.24, 2.45) is 0 Å². The van der Waals surface area contributed by atoms with Crippen molar-refractivity contribution in [2.45, 2.75) is 19.3 Å². The molecule has 0 fully saturated rings. The second-order valence-corrected chi connectivity index (χ2v) is 13.3. The fourth-order valence-electron chi connectivity index (χ4n) is 8.51. The molecular weight excluding hydrogens is 540 g/mol. The van der Waals surface area contributed by atoms with Gasteiger partial charge >= 0.3 is 0 Å². The Balaban J connectivity index is 1.23. The average molecular weight is 571 g/mol. The van der Waals surface area contributed by atoms with Gasteiger partial charge in [-0.05, 0) is 122 Å². The van der Waals surface area contributed by atoms with Gasteiger partial charge in [-0.3, -0.25) is 0 Å². The molecule has 1 aliphatic rings. The van der Waals surface area contributed by atoms with Crippen LogP contribution in [0.5, 0.6) is 0 Å². The molecule has 0 aromatic heterocycles. The van der Waals surface area contributed by atoms with E-state index in [-0.39, 0.29) is 5.41 Å². The molecule has 0 bridgehead atoms. The van der Waals surface area contributed by atoms with Crippen LogP contribution in [-0.4, -0.2) is 0 Å². The first-order valence-electron chi connectivity index (χ1n) is 15.9. The van der Waals surface area contributed by atoms with Crippen LogP contribution in [-0.2, 0) is 5.41 Å². The van der Waals surface area contributed by atoms with Crippen molar-refractivity contribution in [3.8, 4) is 22.3 Å². The van der Waals surface area contributed by atoms with Crippen molar-refractivity contribution in [1.82, 2.24) is 0 Å². The molecule has 0 unspecified atom stereocenters. The lowest BCUT2D eigenvalue weighted by atomic mass is 9.79. The van der Waals surface area contributed by atoms with E-state index >= 15 is 0 Å². The molecule has 0 heteroatoms. The van der Waals surface area contributed by atoms with Crippen molar-refractivity contribution in [3.63, 3.8) is 0 Å². The molecule has 1 aliphatic carbocycles. The van der Waals surface area contributed by atoms with Crippen molar-refractivity contribution in [3.05, 3.63) is 157 Å². The summed E-state index contributed by atoms with van der Waals surface area (Å²) in [5.74, 6) is 0. The lowest BCUT2D eigenvalue weighted by Crippen LogP contribution is -2.15. The SMILES string of the molecule is CC1(C)c2cc3cc(-c4cc5ccc6ccccc6c5c5ccccc45)ccc3cc2-c2c1c1ccccc1c1ccccc21. The van der Waals surface area contributed by atoms with Gasteiger partial charge in [0.2, 0.25) is 0 Å². The number of benzene rings is 9. The Bertz CT molecular complexity index is 2720. The standard InChI is InChI=1S/C45H30/c1-45(2)41-26-31-23-29(39-25-30-22-19-27-11-3-4-12-32(27)42(30)36-16-8-6-15-35(36)39)21-20-28(31)24-40(41)43-37-17-9-5-13-33(37)34-14-7-10-18-38(34)44(43)45/h3-26H,1-2H3.